The first-order chi connectivity index (χ1) is 7.06. The van der Waals surface area contributed by atoms with E-state index in [4.69, 9.17) is 9.47 Å². The Kier molecular flexibility index (Phi) is 9.12. The summed E-state index contributed by atoms with van der Waals surface area (Å²) in [5.41, 5.74) is 0. The highest BCUT2D eigenvalue weighted by Crippen LogP contribution is 2.10. The summed E-state index contributed by atoms with van der Waals surface area (Å²) in [6, 6.07) is 0. The van der Waals surface area contributed by atoms with Crippen LogP contribution in [0.25, 0.3) is 0 Å². The third-order valence-corrected chi connectivity index (χ3v) is 2.02. The lowest BCUT2D eigenvalue weighted by molar-refractivity contribution is -0.157. The highest BCUT2D eigenvalue weighted by Gasteiger charge is 2.10. The van der Waals surface area contributed by atoms with E-state index in [9.17, 15) is 0 Å². The number of hydrogen-bond acceptors (Lipinski definition) is 2. The average Bonchev–Trinajstić information content (AvgIpc) is 2.16. The van der Waals surface area contributed by atoms with Crippen LogP contribution in [-0.4, -0.2) is 19.5 Å². The van der Waals surface area contributed by atoms with Crippen molar-refractivity contribution in [2.45, 2.75) is 60.2 Å². The summed E-state index contributed by atoms with van der Waals surface area (Å²) < 4.78 is 11.5. The summed E-state index contributed by atoms with van der Waals surface area (Å²) in [6.45, 7) is 12.5. The first kappa shape index (κ1) is 14.9. The molecular formula is C13H28O2. The van der Waals surface area contributed by atoms with Crippen LogP contribution in [0.3, 0.4) is 0 Å². The van der Waals surface area contributed by atoms with E-state index in [1.165, 1.54) is 12.8 Å². The van der Waals surface area contributed by atoms with Gasteiger partial charge in [-0.25, -0.2) is 0 Å². The Morgan fingerprint density at radius 3 is 1.67 bits per heavy atom. The molecule has 0 aliphatic heterocycles. The highest BCUT2D eigenvalue weighted by atomic mass is 16.7. The van der Waals surface area contributed by atoms with Crippen molar-refractivity contribution in [2.24, 2.45) is 11.8 Å². The van der Waals surface area contributed by atoms with Crippen molar-refractivity contribution in [1.29, 1.82) is 0 Å². The van der Waals surface area contributed by atoms with Crippen molar-refractivity contribution in [3.8, 4) is 0 Å². The third kappa shape index (κ3) is 10.2. The Balaban J connectivity index is 3.73. The summed E-state index contributed by atoms with van der Waals surface area (Å²) in [5, 5.41) is 0. The Bertz CT molecular complexity index is 120. The first-order valence-electron chi connectivity index (χ1n) is 6.29. The molecule has 0 aromatic heterocycles. The molecule has 0 saturated carbocycles. The lowest BCUT2D eigenvalue weighted by Gasteiger charge is -2.20. The zero-order valence-corrected chi connectivity index (χ0v) is 11.1. The molecule has 0 heterocycles. The van der Waals surface area contributed by atoms with Gasteiger partial charge >= 0.3 is 0 Å². The second-order valence-corrected chi connectivity index (χ2v) is 5.03. The van der Waals surface area contributed by atoms with Gasteiger partial charge in [0, 0.05) is 0 Å². The van der Waals surface area contributed by atoms with Crippen LogP contribution in [0.2, 0.25) is 0 Å². The van der Waals surface area contributed by atoms with Gasteiger partial charge in [0.25, 0.3) is 0 Å². The van der Waals surface area contributed by atoms with Crippen molar-refractivity contribution < 1.29 is 9.47 Å². The summed E-state index contributed by atoms with van der Waals surface area (Å²) in [6.07, 6.45) is 3.42. The van der Waals surface area contributed by atoms with Crippen molar-refractivity contribution >= 4 is 0 Å². The molecule has 0 aliphatic carbocycles. The molecule has 0 amide bonds. The molecule has 0 rings (SSSR count). The number of rotatable bonds is 9. The predicted molar refractivity (Wildman–Crippen MR) is 64.9 cm³/mol. The minimum atomic E-state index is 0.00903. The zero-order chi connectivity index (χ0) is 11.7. The van der Waals surface area contributed by atoms with Gasteiger partial charge in [-0.1, -0.05) is 41.0 Å². The number of ether oxygens (including phenoxy) is 2. The summed E-state index contributed by atoms with van der Waals surface area (Å²) in [4.78, 5) is 0. The van der Waals surface area contributed by atoms with Gasteiger partial charge in [-0.3, -0.25) is 0 Å². The van der Waals surface area contributed by atoms with Gasteiger partial charge in [0.15, 0.2) is 6.29 Å². The predicted octanol–water partition coefficient (Wildman–Crippen LogP) is 3.85. The van der Waals surface area contributed by atoms with E-state index < -0.39 is 0 Å². The van der Waals surface area contributed by atoms with Crippen molar-refractivity contribution in [2.75, 3.05) is 13.2 Å². The van der Waals surface area contributed by atoms with Gasteiger partial charge in [-0.15, -0.1) is 0 Å². The first-order valence-corrected chi connectivity index (χ1v) is 6.29. The lowest BCUT2D eigenvalue weighted by Crippen LogP contribution is -2.22. The van der Waals surface area contributed by atoms with Crippen LogP contribution in [0.4, 0.5) is 0 Å². The largest absolute Gasteiger partial charge is 0.352 e. The lowest BCUT2D eigenvalue weighted by atomic mass is 10.2. The van der Waals surface area contributed by atoms with E-state index in [-0.39, 0.29) is 6.29 Å². The molecule has 0 aromatic rings. The van der Waals surface area contributed by atoms with Gasteiger partial charge < -0.3 is 9.47 Å². The molecule has 0 aromatic carbocycles. The normalized spacial score (nSPS) is 12.0. The maximum Gasteiger partial charge on any atom is 0.157 e. The van der Waals surface area contributed by atoms with Crippen LogP contribution in [0.5, 0.6) is 0 Å². The fraction of sp³-hybridized carbons (Fsp3) is 1.00. The van der Waals surface area contributed by atoms with Crippen LogP contribution in [0.1, 0.15) is 53.9 Å². The Morgan fingerprint density at radius 1 is 0.867 bits per heavy atom. The standard InChI is InChI=1S/C13H28O2/c1-6-7-8-13(14-9-11(2)3)15-10-12(4)5/h11-13H,6-10H2,1-5H3. The molecule has 0 radical (unpaired) electrons. The van der Waals surface area contributed by atoms with Crippen LogP contribution in [-0.2, 0) is 9.47 Å². The maximum absolute atomic E-state index is 5.73. The summed E-state index contributed by atoms with van der Waals surface area (Å²) >= 11 is 0. The molecule has 0 spiro atoms. The van der Waals surface area contributed by atoms with E-state index in [1.54, 1.807) is 0 Å². The molecule has 0 aliphatic rings. The molecule has 0 N–H and O–H groups in total. The van der Waals surface area contributed by atoms with Crippen LogP contribution in [0.15, 0.2) is 0 Å². The molecule has 0 saturated heterocycles. The fourth-order valence-electron chi connectivity index (χ4n) is 1.19. The second-order valence-electron chi connectivity index (χ2n) is 5.03. The molecule has 0 unspecified atom stereocenters. The second kappa shape index (κ2) is 9.17. The number of hydrogen-bond donors (Lipinski definition) is 0. The molecule has 2 nitrogen and oxygen atoms in total. The topological polar surface area (TPSA) is 18.5 Å². The highest BCUT2D eigenvalue weighted by molar-refractivity contribution is 4.50. The van der Waals surface area contributed by atoms with Crippen LogP contribution >= 0.6 is 0 Å². The minimum Gasteiger partial charge on any atom is -0.352 e. The van der Waals surface area contributed by atoms with E-state index in [2.05, 4.69) is 34.6 Å². The molecule has 2 heteroatoms. The van der Waals surface area contributed by atoms with Crippen molar-refractivity contribution in [1.82, 2.24) is 0 Å². The molecule has 15 heavy (non-hydrogen) atoms. The SMILES string of the molecule is CCCCC(OCC(C)C)OCC(C)C. The molecule has 0 atom stereocenters. The van der Waals surface area contributed by atoms with E-state index in [0.717, 1.165) is 19.6 Å². The summed E-state index contributed by atoms with van der Waals surface area (Å²) in [5.74, 6) is 1.16. The zero-order valence-electron chi connectivity index (χ0n) is 11.1. The quantitative estimate of drug-likeness (QED) is 0.545. The molecule has 92 valence electrons. The van der Waals surface area contributed by atoms with Crippen molar-refractivity contribution in [3.63, 3.8) is 0 Å². The molecule has 0 fully saturated rings. The minimum absolute atomic E-state index is 0.00903. The molecular weight excluding hydrogens is 188 g/mol. The van der Waals surface area contributed by atoms with Gasteiger partial charge in [0.1, 0.15) is 0 Å². The van der Waals surface area contributed by atoms with Gasteiger partial charge in [-0.2, -0.15) is 0 Å². The van der Waals surface area contributed by atoms with Gasteiger partial charge in [-0.05, 0) is 24.7 Å². The van der Waals surface area contributed by atoms with E-state index in [1.807, 2.05) is 0 Å². The van der Waals surface area contributed by atoms with E-state index in [0.29, 0.717) is 11.8 Å². The van der Waals surface area contributed by atoms with Gasteiger partial charge in [0.2, 0.25) is 0 Å². The third-order valence-electron chi connectivity index (χ3n) is 2.02. The Labute approximate surface area is 95.3 Å². The Hall–Kier alpha value is -0.0800. The summed E-state index contributed by atoms with van der Waals surface area (Å²) in [7, 11) is 0. The maximum atomic E-state index is 5.73. The monoisotopic (exact) mass is 216 g/mol. The van der Waals surface area contributed by atoms with Crippen molar-refractivity contribution in [3.05, 3.63) is 0 Å². The van der Waals surface area contributed by atoms with Crippen LogP contribution in [0, 0.1) is 11.8 Å². The van der Waals surface area contributed by atoms with Gasteiger partial charge in [0.05, 0.1) is 13.2 Å². The van der Waals surface area contributed by atoms with E-state index >= 15 is 0 Å². The van der Waals surface area contributed by atoms with Crippen LogP contribution < -0.4 is 0 Å². The molecule has 0 bridgehead atoms. The fourth-order valence-corrected chi connectivity index (χ4v) is 1.19. The Morgan fingerprint density at radius 2 is 1.33 bits per heavy atom. The number of unbranched alkanes of at least 4 members (excludes halogenated alkanes) is 1. The smallest absolute Gasteiger partial charge is 0.157 e. The average molecular weight is 216 g/mol.